The lowest BCUT2D eigenvalue weighted by molar-refractivity contribution is -0.695. The molecular weight excluding hydrogens is 298 g/mol. The summed E-state index contributed by atoms with van der Waals surface area (Å²) in [5, 5.41) is 0. The van der Waals surface area contributed by atoms with E-state index >= 15 is 0 Å². The first kappa shape index (κ1) is 10.9. The average molecular weight is 310 g/mol. The van der Waals surface area contributed by atoms with Crippen molar-refractivity contribution in [3.63, 3.8) is 0 Å². The molecule has 0 fully saturated rings. The van der Waals surface area contributed by atoms with Crippen molar-refractivity contribution in [2.45, 2.75) is 11.5 Å². The van der Waals surface area contributed by atoms with Gasteiger partial charge in [-0.2, -0.15) is 0 Å². The molecule has 3 nitrogen and oxygen atoms in total. The number of aromatic nitrogens is 1. The molecule has 0 radical (unpaired) electrons. The van der Waals surface area contributed by atoms with Gasteiger partial charge in [0.05, 0.1) is 5.69 Å². The van der Waals surface area contributed by atoms with Gasteiger partial charge in [0.1, 0.15) is 4.95 Å². The van der Waals surface area contributed by atoms with E-state index in [1.807, 2.05) is 40.1 Å². The molecule has 0 spiro atoms. The van der Waals surface area contributed by atoms with Crippen LogP contribution in [0.2, 0.25) is 0 Å². The number of alkyl halides is 1. The van der Waals surface area contributed by atoms with E-state index < -0.39 is 0 Å². The monoisotopic (exact) mass is 308 g/mol. The van der Waals surface area contributed by atoms with Gasteiger partial charge in [-0.3, -0.25) is 0 Å². The van der Waals surface area contributed by atoms with Crippen LogP contribution < -0.4 is 14.2 Å². The molecule has 0 aromatic carbocycles. The van der Waals surface area contributed by atoms with Crippen LogP contribution >= 0.6 is 32.1 Å². The second-order valence-corrected chi connectivity index (χ2v) is 4.99. The average Bonchev–Trinajstić information content (AvgIpc) is 2.04. The Labute approximate surface area is 95.0 Å². The number of anilines is 1. The van der Waals surface area contributed by atoms with Crippen molar-refractivity contribution in [2.75, 3.05) is 11.0 Å². The normalized spacial score (nSPS) is 12.6. The van der Waals surface area contributed by atoms with Crippen LogP contribution in [0.1, 0.15) is 0 Å². The highest BCUT2D eigenvalue weighted by atomic mass is 79.9. The standard InChI is InChI=1S/C8H12Br2N3/c1-12(10)7-2-4-13(5-3-7)6-8(9)11/h2-5,8H,6,11H2,1H3/q+1. The molecule has 0 bridgehead atoms. The van der Waals surface area contributed by atoms with Gasteiger partial charge >= 0.3 is 0 Å². The lowest BCUT2D eigenvalue weighted by Crippen LogP contribution is -2.40. The Balaban J connectivity index is 2.70. The van der Waals surface area contributed by atoms with Crippen molar-refractivity contribution < 1.29 is 4.57 Å². The summed E-state index contributed by atoms with van der Waals surface area (Å²) in [4.78, 5) is 0.00468. The van der Waals surface area contributed by atoms with Crippen LogP contribution in [-0.2, 0) is 6.54 Å². The number of rotatable bonds is 3. The molecule has 0 aliphatic carbocycles. The summed E-state index contributed by atoms with van der Waals surface area (Å²) in [7, 11) is 1.94. The van der Waals surface area contributed by atoms with Crippen molar-refractivity contribution in [2.24, 2.45) is 5.73 Å². The Morgan fingerprint density at radius 3 is 2.46 bits per heavy atom. The molecule has 0 amide bonds. The third-order valence-electron chi connectivity index (χ3n) is 1.61. The van der Waals surface area contributed by atoms with Gasteiger partial charge in [-0.05, 0) is 0 Å². The van der Waals surface area contributed by atoms with Crippen molar-refractivity contribution in [3.05, 3.63) is 24.5 Å². The molecule has 1 aromatic rings. The smallest absolute Gasteiger partial charge is 0.173 e. The van der Waals surface area contributed by atoms with Gasteiger partial charge in [0.25, 0.3) is 0 Å². The Bertz CT molecular complexity index is 259. The van der Waals surface area contributed by atoms with Crippen molar-refractivity contribution in [1.82, 2.24) is 0 Å². The lowest BCUT2D eigenvalue weighted by Gasteiger charge is -2.07. The molecule has 0 saturated carbocycles. The molecular formula is C8H12Br2N3+. The maximum absolute atomic E-state index is 5.60. The molecule has 0 aliphatic heterocycles. The molecule has 0 saturated heterocycles. The number of pyridine rings is 1. The largest absolute Gasteiger partial charge is 0.314 e. The van der Waals surface area contributed by atoms with E-state index in [1.165, 1.54) is 0 Å². The Morgan fingerprint density at radius 2 is 2.08 bits per heavy atom. The lowest BCUT2D eigenvalue weighted by atomic mass is 10.4. The van der Waals surface area contributed by atoms with Crippen molar-refractivity contribution >= 4 is 37.8 Å². The minimum Gasteiger partial charge on any atom is -0.314 e. The SMILES string of the molecule is CN(Br)c1cc[n+](CC(N)Br)cc1. The maximum Gasteiger partial charge on any atom is 0.173 e. The quantitative estimate of drug-likeness (QED) is 0.396. The van der Waals surface area contributed by atoms with Gasteiger partial charge in [-0.25, -0.2) is 4.57 Å². The number of halogens is 2. The molecule has 1 heterocycles. The minimum atomic E-state index is 0.00468. The third-order valence-corrected chi connectivity index (χ3v) is 2.31. The van der Waals surface area contributed by atoms with E-state index in [-0.39, 0.29) is 4.95 Å². The molecule has 1 aromatic heterocycles. The van der Waals surface area contributed by atoms with E-state index in [0.29, 0.717) is 0 Å². The fourth-order valence-corrected chi connectivity index (χ4v) is 1.55. The highest BCUT2D eigenvalue weighted by molar-refractivity contribution is 9.10. The summed E-state index contributed by atoms with van der Waals surface area (Å²) in [5.74, 6) is 0. The molecule has 1 atom stereocenters. The number of nitrogens with zero attached hydrogens (tertiary/aromatic N) is 2. The zero-order valence-electron chi connectivity index (χ0n) is 7.32. The summed E-state index contributed by atoms with van der Waals surface area (Å²) in [6, 6.07) is 4.04. The third kappa shape index (κ3) is 3.62. The van der Waals surface area contributed by atoms with E-state index in [1.54, 1.807) is 0 Å². The van der Waals surface area contributed by atoms with Gasteiger partial charge < -0.3 is 9.66 Å². The van der Waals surface area contributed by atoms with Gasteiger partial charge in [-0.15, -0.1) is 0 Å². The summed E-state index contributed by atoms with van der Waals surface area (Å²) in [6.45, 7) is 0.770. The van der Waals surface area contributed by atoms with Gasteiger partial charge in [0.2, 0.25) is 0 Å². The van der Waals surface area contributed by atoms with E-state index in [2.05, 4.69) is 32.1 Å². The van der Waals surface area contributed by atoms with Crippen LogP contribution in [0.3, 0.4) is 0 Å². The van der Waals surface area contributed by atoms with Crippen LogP contribution in [0.15, 0.2) is 24.5 Å². The summed E-state index contributed by atoms with van der Waals surface area (Å²) >= 11 is 6.64. The van der Waals surface area contributed by atoms with Crippen LogP contribution in [0.25, 0.3) is 0 Å². The number of hydrogen-bond donors (Lipinski definition) is 1. The zero-order valence-corrected chi connectivity index (χ0v) is 10.5. The Hall–Kier alpha value is -0.130. The van der Waals surface area contributed by atoms with Gasteiger partial charge in [-0.1, -0.05) is 15.9 Å². The van der Waals surface area contributed by atoms with Crippen LogP contribution in [0.4, 0.5) is 5.69 Å². The zero-order chi connectivity index (χ0) is 9.84. The molecule has 72 valence electrons. The molecule has 1 unspecified atom stereocenters. The van der Waals surface area contributed by atoms with Gasteiger partial charge in [0, 0.05) is 35.3 Å². The fourth-order valence-electron chi connectivity index (χ4n) is 0.978. The first-order chi connectivity index (χ1) is 6.09. The minimum absolute atomic E-state index is 0.00468. The highest BCUT2D eigenvalue weighted by Gasteiger charge is 2.05. The highest BCUT2D eigenvalue weighted by Crippen LogP contribution is 2.12. The van der Waals surface area contributed by atoms with Crippen LogP contribution in [-0.4, -0.2) is 12.0 Å². The summed E-state index contributed by atoms with van der Waals surface area (Å²) in [5.41, 5.74) is 6.71. The molecule has 0 aliphatic rings. The topological polar surface area (TPSA) is 33.1 Å². The molecule has 13 heavy (non-hydrogen) atoms. The van der Waals surface area contributed by atoms with E-state index in [0.717, 1.165) is 12.2 Å². The predicted molar refractivity (Wildman–Crippen MR) is 60.9 cm³/mol. The van der Waals surface area contributed by atoms with E-state index in [4.69, 9.17) is 5.73 Å². The van der Waals surface area contributed by atoms with Crippen LogP contribution in [0, 0.1) is 0 Å². The Kier molecular flexibility index (Phi) is 4.15. The van der Waals surface area contributed by atoms with Crippen molar-refractivity contribution in [3.8, 4) is 0 Å². The molecule has 2 N–H and O–H groups in total. The first-order valence-electron chi connectivity index (χ1n) is 3.88. The predicted octanol–water partition coefficient (Wildman–Crippen LogP) is 1.40. The second kappa shape index (κ2) is 4.93. The van der Waals surface area contributed by atoms with E-state index in [9.17, 15) is 0 Å². The number of hydrogen-bond acceptors (Lipinski definition) is 2. The molecule has 5 heteroatoms. The van der Waals surface area contributed by atoms with Crippen molar-refractivity contribution in [1.29, 1.82) is 0 Å². The fraction of sp³-hybridized carbons (Fsp3) is 0.375. The second-order valence-electron chi connectivity index (χ2n) is 2.75. The van der Waals surface area contributed by atoms with Crippen LogP contribution in [0.5, 0.6) is 0 Å². The van der Waals surface area contributed by atoms with Gasteiger partial charge in [0.15, 0.2) is 18.9 Å². The first-order valence-corrected chi connectivity index (χ1v) is 5.50. The Morgan fingerprint density at radius 1 is 1.54 bits per heavy atom. The number of nitrogens with two attached hydrogens (primary N) is 1. The molecule has 1 rings (SSSR count). The summed E-state index contributed by atoms with van der Waals surface area (Å²) < 4.78 is 3.91. The maximum atomic E-state index is 5.60. The summed E-state index contributed by atoms with van der Waals surface area (Å²) in [6.07, 6.45) is 3.99.